The fourth-order valence-electron chi connectivity index (χ4n) is 2.82. The number of ether oxygens (including phenoxy) is 1. The summed E-state index contributed by atoms with van der Waals surface area (Å²) in [5.41, 5.74) is 2.35. The van der Waals surface area contributed by atoms with E-state index in [4.69, 9.17) is 4.74 Å². The number of carbonyl (C=O) groups is 1. The van der Waals surface area contributed by atoms with E-state index in [9.17, 15) is 4.79 Å². The van der Waals surface area contributed by atoms with Crippen molar-refractivity contribution in [2.24, 2.45) is 0 Å². The molecule has 0 aliphatic carbocycles. The van der Waals surface area contributed by atoms with Crippen molar-refractivity contribution in [3.05, 3.63) is 36.0 Å². The minimum absolute atomic E-state index is 0.194. The summed E-state index contributed by atoms with van der Waals surface area (Å²) in [5.74, 6) is 0.228. The molecule has 1 amide bonds. The van der Waals surface area contributed by atoms with Gasteiger partial charge in [0.15, 0.2) is 0 Å². The van der Waals surface area contributed by atoms with Gasteiger partial charge in [-0.3, -0.25) is 4.79 Å². The Balaban J connectivity index is 1.65. The van der Waals surface area contributed by atoms with Gasteiger partial charge >= 0.3 is 0 Å². The number of para-hydroxylation sites is 1. The highest BCUT2D eigenvalue weighted by atomic mass is 16.5. The van der Waals surface area contributed by atoms with Crippen LogP contribution in [0.25, 0.3) is 10.9 Å². The number of aromatic nitrogens is 1. The predicted octanol–water partition coefficient (Wildman–Crippen LogP) is 2.35. The molecule has 0 bridgehead atoms. The van der Waals surface area contributed by atoms with Gasteiger partial charge in [-0.25, -0.2) is 0 Å². The van der Waals surface area contributed by atoms with Crippen LogP contribution in [0.3, 0.4) is 0 Å². The van der Waals surface area contributed by atoms with Crippen molar-refractivity contribution in [2.45, 2.75) is 25.8 Å². The third-order valence-electron chi connectivity index (χ3n) is 3.97. The minimum Gasteiger partial charge on any atom is -0.377 e. The van der Waals surface area contributed by atoms with Crippen molar-refractivity contribution in [3.63, 3.8) is 0 Å². The number of H-pyrrole nitrogens is 1. The largest absolute Gasteiger partial charge is 0.377 e. The molecule has 1 aromatic heterocycles. The molecule has 4 heteroatoms. The molecule has 2 aromatic rings. The molecule has 4 nitrogen and oxygen atoms in total. The van der Waals surface area contributed by atoms with Crippen molar-refractivity contribution in [1.82, 2.24) is 9.88 Å². The Morgan fingerprint density at radius 3 is 3.15 bits per heavy atom. The first-order valence-corrected chi connectivity index (χ1v) is 7.18. The second-order valence-corrected chi connectivity index (χ2v) is 5.37. The first-order valence-electron chi connectivity index (χ1n) is 7.18. The van der Waals surface area contributed by atoms with Gasteiger partial charge < -0.3 is 14.6 Å². The van der Waals surface area contributed by atoms with Crippen molar-refractivity contribution in [2.75, 3.05) is 19.8 Å². The van der Waals surface area contributed by atoms with Crippen molar-refractivity contribution < 1.29 is 9.53 Å². The van der Waals surface area contributed by atoms with Gasteiger partial charge in [-0.15, -0.1) is 0 Å². The molecule has 1 aromatic carbocycles. The van der Waals surface area contributed by atoms with E-state index in [0.29, 0.717) is 26.2 Å². The van der Waals surface area contributed by atoms with Gasteiger partial charge in [0.05, 0.1) is 19.3 Å². The highest BCUT2D eigenvalue weighted by Crippen LogP contribution is 2.19. The van der Waals surface area contributed by atoms with Crippen LogP contribution < -0.4 is 0 Å². The number of aromatic amines is 1. The minimum atomic E-state index is 0.194. The Bertz CT molecular complexity index is 605. The van der Waals surface area contributed by atoms with Crippen molar-refractivity contribution in [3.8, 4) is 0 Å². The fourth-order valence-corrected chi connectivity index (χ4v) is 2.82. The molecule has 1 N–H and O–H groups in total. The van der Waals surface area contributed by atoms with Crippen molar-refractivity contribution >= 4 is 16.8 Å². The molecule has 0 saturated carbocycles. The molecule has 1 fully saturated rings. The number of aryl methyl sites for hydroxylation is 1. The van der Waals surface area contributed by atoms with Crippen molar-refractivity contribution in [1.29, 1.82) is 0 Å². The molecule has 1 aliphatic heterocycles. The average Bonchev–Trinajstić information content (AvgIpc) is 2.88. The molecule has 20 heavy (non-hydrogen) atoms. The van der Waals surface area contributed by atoms with E-state index in [-0.39, 0.29) is 11.9 Å². The Kier molecular flexibility index (Phi) is 3.74. The van der Waals surface area contributed by atoms with E-state index in [1.807, 2.05) is 30.2 Å². The zero-order valence-electron chi connectivity index (χ0n) is 11.8. The second-order valence-electron chi connectivity index (χ2n) is 5.37. The maximum atomic E-state index is 12.3. The Hall–Kier alpha value is -1.81. The summed E-state index contributed by atoms with van der Waals surface area (Å²) in [6, 6.07) is 8.40. The summed E-state index contributed by atoms with van der Waals surface area (Å²) < 4.78 is 5.37. The van der Waals surface area contributed by atoms with Gasteiger partial charge in [-0.1, -0.05) is 18.2 Å². The zero-order chi connectivity index (χ0) is 13.9. The van der Waals surface area contributed by atoms with Crippen LogP contribution in [-0.2, 0) is 16.0 Å². The lowest BCUT2D eigenvalue weighted by Gasteiger charge is -2.33. The SMILES string of the molecule is CC1COCCN1C(=O)CCc1c[nH]c2ccccc12. The number of fused-ring (bicyclic) bond motifs is 1. The fraction of sp³-hybridized carbons (Fsp3) is 0.438. The lowest BCUT2D eigenvalue weighted by atomic mass is 10.1. The van der Waals surface area contributed by atoms with Crippen LogP contribution in [-0.4, -0.2) is 41.6 Å². The molecule has 1 aliphatic rings. The summed E-state index contributed by atoms with van der Waals surface area (Å²) in [5, 5.41) is 1.22. The standard InChI is InChI=1S/C16H20N2O2/c1-12-11-20-9-8-18(12)16(19)7-6-13-10-17-15-5-3-2-4-14(13)15/h2-5,10,12,17H,6-9,11H2,1H3. The number of hydrogen-bond acceptors (Lipinski definition) is 2. The van der Waals surface area contributed by atoms with Gasteiger partial charge in [0.1, 0.15) is 0 Å². The van der Waals surface area contributed by atoms with Gasteiger partial charge in [-0.05, 0) is 25.0 Å². The van der Waals surface area contributed by atoms with Crippen LogP contribution in [0, 0.1) is 0 Å². The van der Waals surface area contributed by atoms with E-state index in [0.717, 1.165) is 11.9 Å². The smallest absolute Gasteiger partial charge is 0.223 e. The van der Waals surface area contributed by atoms with Crippen LogP contribution in [0.1, 0.15) is 18.9 Å². The van der Waals surface area contributed by atoms with E-state index in [2.05, 4.69) is 17.1 Å². The van der Waals surface area contributed by atoms with Crippen LogP contribution in [0.2, 0.25) is 0 Å². The normalized spacial score (nSPS) is 19.4. The molecule has 1 saturated heterocycles. The quantitative estimate of drug-likeness (QED) is 0.932. The van der Waals surface area contributed by atoms with Gasteiger partial charge in [0.25, 0.3) is 0 Å². The van der Waals surface area contributed by atoms with E-state index in [1.165, 1.54) is 10.9 Å². The number of hydrogen-bond donors (Lipinski definition) is 1. The van der Waals surface area contributed by atoms with Crippen LogP contribution >= 0.6 is 0 Å². The summed E-state index contributed by atoms with van der Waals surface area (Å²) in [7, 11) is 0. The summed E-state index contributed by atoms with van der Waals surface area (Å²) >= 11 is 0. The molecule has 1 unspecified atom stereocenters. The topological polar surface area (TPSA) is 45.3 Å². The molecular weight excluding hydrogens is 252 g/mol. The van der Waals surface area contributed by atoms with Gasteiger partial charge in [0, 0.05) is 30.1 Å². The Morgan fingerprint density at radius 1 is 1.45 bits per heavy atom. The highest BCUT2D eigenvalue weighted by Gasteiger charge is 2.23. The van der Waals surface area contributed by atoms with Crippen LogP contribution in [0.4, 0.5) is 0 Å². The zero-order valence-corrected chi connectivity index (χ0v) is 11.8. The monoisotopic (exact) mass is 272 g/mol. The number of nitrogens with one attached hydrogen (secondary N) is 1. The first-order chi connectivity index (χ1) is 9.75. The molecule has 0 radical (unpaired) electrons. The predicted molar refractivity (Wildman–Crippen MR) is 78.6 cm³/mol. The first kappa shape index (κ1) is 13.2. The average molecular weight is 272 g/mol. The third kappa shape index (κ3) is 2.56. The molecule has 1 atom stereocenters. The van der Waals surface area contributed by atoms with Gasteiger partial charge in [0.2, 0.25) is 5.91 Å². The number of nitrogens with zero attached hydrogens (tertiary/aromatic N) is 1. The number of rotatable bonds is 3. The molecule has 106 valence electrons. The van der Waals surface area contributed by atoms with Crippen LogP contribution in [0.5, 0.6) is 0 Å². The molecular formula is C16H20N2O2. The third-order valence-corrected chi connectivity index (χ3v) is 3.97. The maximum absolute atomic E-state index is 12.3. The molecule has 3 rings (SSSR count). The summed E-state index contributed by atoms with van der Waals surface area (Å²) in [6.45, 7) is 4.07. The lowest BCUT2D eigenvalue weighted by Crippen LogP contribution is -2.47. The number of benzene rings is 1. The van der Waals surface area contributed by atoms with Crippen LogP contribution in [0.15, 0.2) is 30.5 Å². The van der Waals surface area contributed by atoms with Gasteiger partial charge in [-0.2, -0.15) is 0 Å². The summed E-state index contributed by atoms with van der Waals surface area (Å²) in [6.07, 6.45) is 3.36. The Labute approximate surface area is 118 Å². The number of morpholine rings is 1. The summed E-state index contributed by atoms with van der Waals surface area (Å²) in [4.78, 5) is 17.5. The number of carbonyl (C=O) groups excluding carboxylic acids is 1. The second kappa shape index (κ2) is 5.67. The van der Waals surface area contributed by atoms with E-state index >= 15 is 0 Å². The Morgan fingerprint density at radius 2 is 2.30 bits per heavy atom. The van der Waals surface area contributed by atoms with E-state index < -0.39 is 0 Å². The van der Waals surface area contributed by atoms with E-state index in [1.54, 1.807) is 0 Å². The maximum Gasteiger partial charge on any atom is 0.223 e. The number of amides is 1. The lowest BCUT2D eigenvalue weighted by molar-refractivity contribution is -0.139. The highest BCUT2D eigenvalue weighted by molar-refractivity contribution is 5.84. The molecule has 0 spiro atoms. The molecule has 2 heterocycles.